The van der Waals surface area contributed by atoms with Crippen molar-refractivity contribution in [3.63, 3.8) is 0 Å². The van der Waals surface area contributed by atoms with Crippen LogP contribution in [0.3, 0.4) is 0 Å². The van der Waals surface area contributed by atoms with Gasteiger partial charge in [0.1, 0.15) is 11.0 Å². The Balaban J connectivity index is 2.25. The summed E-state index contributed by atoms with van der Waals surface area (Å²) in [5.74, 6) is -1.08. The second-order valence-corrected chi connectivity index (χ2v) is 10.3. The van der Waals surface area contributed by atoms with Gasteiger partial charge < -0.3 is 9.30 Å². The highest BCUT2D eigenvalue weighted by molar-refractivity contribution is 7.95. The maximum Gasteiger partial charge on any atom is 0.418 e. The van der Waals surface area contributed by atoms with Crippen LogP contribution in [0.1, 0.15) is 59.6 Å². The highest BCUT2D eigenvalue weighted by Crippen LogP contribution is 2.37. The van der Waals surface area contributed by atoms with Crippen molar-refractivity contribution >= 4 is 21.9 Å². The van der Waals surface area contributed by atoms with E-state index in [4.69, 9.17) is 4.74 Å². The first-order valence-electron chi connectivity index (χ1n) is 11.4. The van der Waals surface area contributed by atoms with Crippen LogP contribution in [-0.4, -0.2) is 25.6 Å². The first-order chi connectivity index (χ1) is 17.3. The number of ether oxygens (including phenoxy) is 1. The summed E-state index contributed by atoms with van der Waals surface area (Å²) in [7, 11) is -4.47. The lowest BCUT2D eigenvalue weighted by Gasteiger charge is -2.19. The van der Waals surface area contributed by atoms with Gasteiger partial charge >= 0.3 is 12.1 Å². The van der Waals surface area contributed by atoms with Crippen molar-refractivity contribution < 1.29 is 31.1 Å². The number of halogens is 3. The number of carbonyl (C=O) groups is 1. The minimum atomic E-state index is -4.62. The Morgan fingerprint density at radius 3 is 2.35 bits per heavy atom. The highest BCUT2D eigenvalue weighted by Gasteiger charge is 2.35. The summed E-state index contributed by atoms with van der Waals surface area (Å²) in [6.45, 7) is 6.75. The lowest BCUT2D eigenvalue weighted by Crippen LogP contribution is -2.13. The standard InChI is InChI=1S/C27H25F3N2O4S/c1-5-36-26(33)21-10-6-9-13-25(21)37(34,35)20(16-31)14-19-15-24(17(2)3)32(18(19)4)23-12-8-7-11-22(23)27(28,29)30/h6-15,17H,5H2,1-4H3/b20-14+. The molecule has 0 aliphatic carbocycles. The molecule has 10 heteroatoms. The first kappa shape index (κ1) is 27.7. The fourth-order valence-electron chi connectivity index (χ4n) is 3.96. The van der Waals surface area contributed by atoms with Gasteiger partial charge in [0, 0.05) is 11.4 Å². The zero-order valence-corrected chi connectivity index (χ0v) is 21.4. The van der Waals surface area contributed by atoms with Gasteiger partial charge in [-0.2, -0.15) is 18.4 Å². The lowest BCUT2D eigenvalue weighted by molar-refractivity contribution is -0.137. The quantitative estimate of drug-likeness (QED) is 0.259. The number of allylic oxidation sites excluding steroid dienone is 1. The molecular weight excluding hydrogens is 505 g/mol. The molecule has 0 aliphatic rings. The lowest BCUT2D eigenvalue weighted by atomic mass is 10.1. The smallest absolute Gasteiger partial charge is 0.418 e. The van der Waals surface area contributed by atoms with Crippen molar-refractivity contribution in [2.75, 3.05) is 6.61 Å². The van der Waals surface area contributed by atoms with Crippen LogP contribution in [0.4, 0.5) is 13.2 Å². The molecule has 0 saturated heterocycles. The van der Waals surface area contributed by atoms with Crippen molar-refractivity contribution in [3.05, 3.63) is 87.6 Å². The highest BCUT2D eigenvalue weighted by atomic mass is 32.2. The first-order valence-corrected chi connectivity index (χ1v) is 12.8. The second-order valence-electron chi connectivity index (χ2n) is 8.46. The molecule has 1 heterocycles. The van der Waals surface area contributed by atoms with Gasteiger partial charge in [-0.15, -0.1) is 0 Å². The molecule has 0 bridgehead atoms. The van der Waals surface area contributed by atoms with Crippen LogP contribution in [0.2, 0.25) is 0 Å². The number of nitrogens with zero attached hydrogens (tertiary/aromatic N) is 2. The Kier molecular flexibility index (Phi) is 7.98. The van der Waals surface area contributed by atoms with Gasteiger partial charge in [-0.1, -0.05) is 38.1 Å². The average Bonchev–Trinajstić information content (AvgIpc) is 3.18. The number of aromatic nitrogens is 1. The number of hydrogen-bond acceptors (Lipinski definition) is 5. The number of carbonyl (C=O) groups excluding carboxylic acids is 1. The monoisotopic (exact) mass is 530 g/mol. The topological polar surface area (TPSA) is 89.2 Å². The summed E-state index contributed by atoms with van der Waals surface area (Å²) in [6, 6.07) is 13.7. The van der Waals surface area contributed by atoms with Gasteiger partial charge in [0.25, 0.3) is 0 Å². The minimum absolute atomic E-state index is 0.0260. The Bertz CT molecular complexity index is 1510. The van der Waals surface area contributed by atoms with E-state index in [9.17, 15) is 31.6 Å². The van der Waals surface area contributed by atoms with Crippen molar-refractivity contribution in [2.45, 2.75) is 44.7 Å². The molecule has 0 radical (unpaired) electrons. The Hall–Kier alpha value is -3.84. The number of rotatable bonds is 7. The predicted octanol–water partition coefficient (Wildman–Crippen LogP) is 6.44. The number of benzene rings is 2. The van der Waals surface area contributed by atoms with E-state index in [1.807, 2.05) is 0 Å². The molecule has 0 fully saturated rings. The van der Waals surface area contributed by atoms with E-state index < -0.39 is 37.3 Å². The van der Waals surface area contributed by atoms with Gasteiger partial charge in [-0.05, 0) is 61.7 Å². The maximum absolute atomic E-state index is 13.8. The fourth-order valence-corrected chi connectivity index (χ4v) is 5.30. The molecule has 0 N–H and O–H groups in total. The number of para-hydroxylation sites is 1. The molecule has 0 spiro atoms. The molecule has 37 heavy (non-hydrogen) atoms. The van der Waals surface area contributed by atoms with Crippen molar-refractivity contribution in [1.82, 2.24) is 4.57 Å². The number of alkyl halides is 3. The van der Waals surface area contributed by atoms with E-state index in [0.717, 1.165) is 12.1 Å². The van der Waals surface area contributed by atoms with Crippen molar-refractivity contribution in [3.8, 4) is 11.8 Å². The summed E-state index contributed by atoms with van der Waals surface area (Å²) < 4.78 is 74.6. The third kappa shape index (κ3) is 5.47. The zero-order chi connectivity index (χ0) is 27.5. The summed E-state index contributed by atoms with van der Waals surface area (Å²) in [4.78, 5) is 11.3. The van der Waals surface area contributed by atoms with Gasteiger partial charge in [-0.3, -0.25) is 0 Å². The van der Waals surface area contributed by atoms with Crippen LogP contribution in [0, 0.1) is 18.3 Å². The van der Waals surface area contributed by atoms with Gasteiger partial charge in [0.15, 0.2) is 0 Å². The van der Waals surface area contributed by atoms with Gasteiger partial charge in [-0.25, -0.2) is 13.2 Å². The molecule has 0 saturated carbocycles. The van der Waals surface area contributed by atoms with E-state index in [2.05, 4.69) is 0 Å². The minimum Gasteiger partial charge on any atom is -0.462 e. The molecule has 0 atom stereocenters. The molecule has 0 aliphatic heterocycles. The van der Waals surface area contributed by atoms with Crippen LogP contribution in [0.15, 0.2) is 64.4 Å². The summed E-state index contributed by atoms with van der Waals surface area (Å²) in [6.07, 6.45) is -3.50. The van der Waals surface area contributed by atoms with Gasteiger partial charge in [0.2, 0.25) is 9.84 Å². The summed E-state index contributed by atoms with van der Waals surface area (Å²) in [5, 5.41) is 9.79. The van der Waals surface area contributed by atoms with Crippen LogP contribution < -0.4 is 0 Å². The maximum atomic E-state index is 13.8. The Labute approximate surface area is 213 Å². The van der Waals surface area contributed by atoms with Crippen LogP contribution in [0.5, 0.6) is 0 Å². The van der Waals surface area contributed by atoms with E-state index in [0.29, 0.717) is 11.4 Å². The van der Waals surface area contributed by atoms with Crippen LogP contribution in [-0.2, 0) is 20.8 Å². The Morgan fingerprint density at radius 1 is 1.14 bits per heavy atom. The molecule has 0 amide bonds. The molecule has 6 nitrogen and oxygen atoms in total. The van der Waals surface area contributed by atoms with E-state index in [-0.39, 0.29) is 29.3 Å². The zero-order valence-electron chi connectivity index (χ0n) is 20.6. The third-order valence-corrected chi connectivity index (χ3v) is 7.44. The van der Waals surface area contributed by atoms with Crippen molar-refractivity contribution in [2.24, 2.45) is 0 Å². The molecule has 3 rings (SSSR count). The number of hydrogen-bond donors (Lipinski definition) is 0. The SMILES string of the molecule is CCOC(=O)c1ccccc1S(=O)(=O)/C(C#N)=C/c1cc(C(C)C)n(-c2ccccc2C(F)(F)F)c1C. The molecular formula is C27H25F3N2O4S. The number of sulfone groups is 1. The third-order valence-electron chi connectivity index (χ3n) is 5.71. The number of esters is 1. The average molecular weight is 531 g/mol. The largest absolute Gasteiger partial charge is 0.462 e. The van der Waals surface area contributed by atoms with E-state index in [1.165, 1.54) is 47.0 Å². The van der Waals surface area contributed by atoms with Crippen LogP contribution >= 0.6 is 0 Å². The van der Waals surface area contributed by atoms with Crippen molar-refractivity contribution in [1.29, 1.82) is 5.26 Å². The van der Waals surface area contributed by atoms with Crippen LogP contribution in [0.25, 0.3) is 11.8 Å². The predicted molar refractivity (Wildman–Crippen MR) is 133 cm³/mol. The van der Waals surface area contributed by atoms with E-state index in [1.54, 1.807) is 39.8 Å². The molecule has 194 valence electrons. The normalized spacial score (nSPS) is 12.5. The summed E-state index contributed by atoms with van der Waals surface area (Å²) >= 11 is 0. The van der Waals surface area contributed by atoms with Gasteiger partial charge in [0.05, 0.1) is 28.3 Å². The fraction of sp³-hybridized carbons (Fsp3) is 0.259. The number of nitriles is 1. The molecule has 1 aromatic heterocycles. The Morgan fingerprint density at radius 2 is 1.76 bits per heavy atom. The molecule has 2 aromatic carbocycles. The second kappa shape index (κ2) is 10.6. The molecule has 3 aromatic rings. The van der Waals surface area contributed by atoms with E-state index >= 15 is 0 Å². The summed E-state index contributed by atoms with van der Waals surface area (Å²) in [5.41, 5.74) is -0.0900. The molecule has 0 unspecified atom stereocenters.